The lowest BCUT2D eigenvalue weighted by molar-refractivity contribution is -0.139. The third-order valence-corrected chi connectivity index (χ3v) is 3.56. The molecule has 1 atom stereocenters. The van der Waals surface area contributed by atoms with Crippen molar-refractivity contribution in [2.75, 3.05) is 6.54 Å². The number of Topliss-reactive ketones (excluding diaryl/α,β-unsaturated/α-hetero) is 1. The molecule has 0 saturated carbocycles. The van der Waals surface area contributed by atoms with E-state index in [0.717, 1.165) is 12.0 Å². The third kappa shape index (κ3) is 3.04. The van der Waals surface area contributed by atoms with Crippen molar-refractivity contribution in [3.8, 4) is 0 Å². The Hall–Kier alpha value is -2.17. The van der Waals surface area contributed by atoms with Crippen molar-refractivity contribution in [1.29, 1.82) is 0 Å². The largest absolute Gasteiger partial charge is 0.481 e. The highest BCUT2D eigenvalue weighted by molar-refractivity contribution is 6.42. The summed E-state index contributed by atoms with van der Waals surface area (Å²) >= 11 is 0. The standard InChI is InChI=1S/C15H17NO4/c1-10-4-6-11(7-5-10)14(19)15(20)16-8-2-3-12(16)9-13(17)18/h4-7,12H,2-3,8-9H2,1H3,(H,17,18)/t12-/m0/s1. The number of benzene rings is 1. The number of ketones is 1. The van der Waals surface area contributed by atoms with Crippen LogP contribution in [0.2, 0.25) is 0 Å². The van der Waals surface area contributed by atoms with Gasteiger partial charge >= 0.3 is 5.97 Å². The van der Waals surface area contributed by atoms with Gasteiger partial charge < -0.3 is 10.0 Å². The molecule has 106 valence electrons. The fraction of sp³-hybridized carbons (Fsp3) is 0.400. The number of likely N-dealkylation sites (tertiary alicyclic amines) is 1. The van der Waals surface area contributed by atoms with Gasteiger partial charge in [-0.3, -0.25) is 14.4 Å². The minimum atomic E-state index is -0.947. The second kappa shape index (κ2) is 5.86. The lowest BCUT2D eigenvalue weighted by atomic mass is 10.1. The zero-order valence-electron chi connectivity index (χ0n) is 11.3. The Kier molecular flexibility index (Phi) is 4.17. The number of carboxylic acids is 1. The van der Waals surface area contributed by atoms with Crippen LogP contribution >= 0.6 is 0 Å². The molecule has 5 nitrogen and oxygen atoms in total. The number of aliphatic carboxylic acids is 1. The molecular weight excluding hydrogens is 258 g/mol. The Morgan fingerprint density at radius 1 is 1.25 bits per heavy atom. The molecule has 1 aliphatic rings. The van der Waals surface area contributed by atoms with Crippen LogP contribution in [-0.4, -0.2) is 40.3 Å². The van der Waals surface area contributed by atoms with Crippen LogP contribution in [0.4, 0.5) is 0 Å². The number of aryl methyl sites for hydroxylation is 1. The summed E-state index contributed by atoms with van der Waals surface area (Å²) in [4.78, 5) is 36.5. The normalized spacial score (nSPS) is 18.1. The van der Waals surface area contributed by atoms with Gasteiger partial charge in [-0.1, -0.05) is 29.8 Å². The van der Waals surface area contributed by atoms with Crippen molar-refractivity contribution in [3.63, 3.8) is 0 Å². The number of carbonyl (C=O) groups excluding carboxylic acids is 2. The van der Waals surface area contributed by atoms with E-state index in [1.807, 2.05) is 6.92 Å². The summed E-state index contributed by atoms with van der Waals surface area (Å²) in [6, 6.07) is 6.43. The van der Waals surface area contributed by atoms with Crippen LogP contribution < -0.4 is 0 Å². The molecule has 0 radical (unpaired) electrons. The third-order valence-electron chi connectivity index (χ3n) is 3.56. The van der Waals surface area contributed by atoms with Gasteiger partial charge in [0.2, 0.25) is 5.78 Å². The maximum Gasteiger partial charge on any atom is 0.305 e. The van der Waals surface area contributed by atoms with Crippen LogP contribution in [0.1, 0.15) is 35.2 Å². The SMILES string of the molecule is Cc1ccc(C(=O)C(=O)N2CCC[C@H]2CC(=O)O)cc1. The van der Waals surface area contributed by atoms with E-state index in [1.165, 1.54) is 4.90 Å². The Morgan fingerprint density at radius 2 is 1.90 bits per heavy atom. The Morgan fingerprint density at radius 3 is 2.50 bits per heavy atom. The number of nitrogens with zero attached hydrogens (tertiary/aromatic N) is 1. The molecule has 0 unspecified atom stereocenters. The van der Waals surface area contributed by atoms with Crippen molar-refractivity contribution in [1.82, 2.24) is 4.90 Å². The molecule has 5 heteroatoms. The van der Waals surface area contributed by atoms with Crippen molar-refractivity contribution in [2.24, 2.45) is 0 Å². The molecule has 0 bridgehead atoms. The summed E-state index contributed by atoms with van der Waals surface area (Å²) in [5.41, 5.74) is 1.36. The predicted molar refractivity (Wildman–Crippen MR) is 72.5 cm³/mol. The minimum absolute atomic E-state index is 0.104. The molecule has 1 saturated heterocycles. The molecule has 1 aliphatic heterocycles. The molecule has 1 fully saturated rings. The number of hydrogen-bond donors (Lipinski definition) is 1. The summed E-state index contributed by atoms with van der Waals surface area (Å²) in [7, 11) is 0. The van der Waals surface area contributed by atoms with Crippen molar-refractivity contribution >= 4 is 17.7 Å². The van der Waals surface area contributed by atoms with Crippen LogP contribution in [0.3, 0.4) is 0 Å². The van der Waals surface area contributed by atoms with Gasteiger partial charge in [0.05, 0.1) is 6.42 Å². The van der Waals surface area contributed by atoms with E-state index in [0.29, 0.717) is 18.5 Å². The molecule has 1 aromatic rings. The van der Waals surface area contributed by atoms with Crippen LogP contribution in [0.25, 0.3) is 0 Å². The van der Waals surface area contributed by atoms with Gasteiger partial charge in [-0.25, -0.2) is 0 Å². The predicted octanol–water partition coefficient (Wildman–Crippen LogP) is 1.64. The van der Waals surface area contributed by atoms with Crippen molar-refractivity contribution in [3.05, 3.63) is 35.4 Å². The van der Waals surface area contributed by atoms with E-state index in [-0.39, 0.29) is 12.5 Å². The van der Waals surface area contributed by atoms with Gasteiger partial charge in [-0.2, -0.15) is 0 Å². The summed E-state index contributed by atoms with van der Waals surface area (Å²) in [5, 5.41) is 8.84. The van der Waals surface area contributed by atoms with E-state index in [4.69, 9.17) is 5.11 Å². The summed E-state index contributed by atoms with van der Waals surface area (Å²) in [6.07, 6.45) is 1.27. The van der Waals surface area contributed by atoms with Crippen molar-refractivity contribution in [2.45, 2.75) is 32.2 Å². The summed E-state index contributed by atoms with van der Waals surface area (Å²) in [5.74, 6) is -2.11. The van der Waals surface area contributed by atoms with Crippen LogP contribution in [0.15, 0.2) is 24.3 Å². The number of hydrogen-bond acceptors (Lipinski definition) is 3. The molecule has 2 rings (SSSR count). The molecular formula is C15H17NO4. The van der Waals surface area contributed by atoms with E-state index in [2.05, 4.69) is 0 Å². The second-order valence-electron chi connectivity index (χ2n) is 5.09. The number of carboxylic acid groups (broad SMARTS) is 1. The van der Waals surface area contributed by atoms with Gasteiger partial charge in [0, 0.05) is 18.2 Å². The Balaban J connectivity index is 2.11. The first-order valence-corrected chi connectivity index (χ1v) is 6.63. The highest BCUT2D eigenvalue weighted by Crippen LogP contribution is 2.21. The molecule has 1 heterocycles. The summed E-state index contributed by atoms with van der Waals surface area (Å²) in [6.45, 7) is 2.35. The van der Waals surface area contributed by atoms with E-state index < -0.39 is 17.7 Å². The molecule has 0 aliphatic carbocycles. The molecule has 20 heavy (non-hydrogen) atoms. The van der Waals surface area contributed by atoms with E-state index in [9.17, 15) is 14.4 Å². The maximum absolute atomic E-state index is 12.2. The van der Waals surface area contributed by atoms with Crippen LogP contribution in [0, 0.1) is 6.92 Å². The molecule has 0 aromatic heterocycles. The highest BCUT2D eigenvalue weighted by atomic mass is 16.4. The second-order valence-corrected chi connectivity index (χ2v) is 5.09. The van der Waals surface area contributed by atoms with E-state index >= 15 is 0 Å². The molecule has 0 spiro atoms. The van der Waals surface area contributed by atoms with Gasteiger partial charge in [0.25, 0.3) is 5.91 Å². The van der Waals surface area contributed by atoms with Gasteiger partial charge in [0.15, 0.2) is 0 Å². The summed E-state index contributed by atoms with van der Waals surface area (Å²) < 4.78 is 0. The number of carbonyl (C=O) groups is 3. The average molecular weight is 275 g/mol. The average Bonchev–Trinajstić information content (AvgIpc) is 2.85. The molecule has 1 amide bonds. The maximum atomic E-state index is 12.2. The zero-order valence-corrected chi connectivity index (χ0v) is 11.3. The molecule has 1 aromatic carbocycles. The van der Waals surface area contributed by atoms with Gasteiger partial charge in [-0.05, 0) is 19.8 Å². The van der Waals surface area contributed by atoms with Crippen LogP contribution in [-0.2, 0) is 9.59 Å². The number of amides is 1. The lowest BCUT2D eigenvalue weighted by Gasteiger charge is -2.22. The van der Waals surface area contributed by atoms with Gasteiger partial charge in [-0.15, -0.1) is 0 Å². The fourth-order valence-corrected chi connectivity index (χ4v) is 2.48. The lowest BCUT2D eigenvalue weighted by Crippen LogP contribution is -2.41. The zero-order chi connectivity index (χ0) is 14.7. The van der Waals surface area contributed by atoms with Gasteiger partial charge in [0.1, 0.15) is 0 Å². The molecule has 1 N–H and O–H groups in total. The first kappa shape index (κ1) is 14.2. The number of rotatable bonds is 4. The minimum Gasteiger partial charge on any atom is -0.481 e. The highest BCUT2D eigenvalue weighted by Gasteiger charge is 2.33. The monoisotopic (exact) mass is 275 g/mol. The Labute approximate surface area is 117 Å². The van der Waals surface area contributed by atoms with Crippen LogP contribution in [0.5, 0.6) is 0 Å². The van der Waals surface area contributed by atoms with Crippen molar-refractivity contribution < 1.29 is 19.5 Å². The topological polar surface area (TPSA) is 74.7 Å². The quantitative estimate of drug-likeness (QED) is 0.669. The Bertz CT molecular complexity index is 535. The smallest absolute Gasteiger partial charge is 0.305 e. The van der Waals surface area contributed by atoms with E-state index in [1.54, 1.807) is 24.3 Å². The fourth-order valence-electron chi connectivity index (χ4n) is 2.48. The first-order valence-electron chi connectivity index (χ1n) is 6.63. The first-order chi connectivity index (χ1) is 9.49.